The quantitative estimate of drug-likeness (QED) is 0.678. The van der Waals surface area contributed by atoms with Gasteiger partial charge in [0.05, 0.1) is 13.2 Å². The molecule has 1 N–H and O–H groups in total. The molecular weight excluding hydrogens is 361 g/mol. The number of para-hydroxylation sites is 1. The molecule has 0 aliphatic heterocycles. The molecule has 0 radical (unpaired) electrons. The van der Waals surface area contributed by atoms with E-state index in [1.807, 2.05) is 31.2 Å². The third kappa shape index (κ3) is 4.33. The number of carbonyl (C=O) groups excluding carboxylic acids is 1. The van der Waals surface area contributed by atoms with E-state index in [2.05, 4.69) is 20.8 Å². The Hall–Kier alpha value is -3.29. The van der Waals surface area contributed by atoms with Crippen LogP contribution in [0.2, 0.25) is 0 Å². The minimum atomic E-state index is -0.714. The molecule has 0 aliphatic carbocycles. The lowest BCUT2D eigenvalue weighted by Gasteiger charge is -2.22. The number of amides is 1. The van der Waals surface area contributed by atoms with Crippen molar-refractivity contribution >= 4 is 5.91 Å². The molecule has 2 unspecified atom stereocenters. The highest BCUT2D eigenvalue weighted by Gasteiger charge is 2.26. The molecule has 1 heterocycles. The fourth-order valence-corrected chi connectivity index (χ4v) is 3.12. The van der Waals surface area contributed by atoms with E-state index in [4.69, 9.17) is 4.74 Å². The first-order valence-corrected chi connectivity index (χ1v) is 8.91. The zero-order valence-corrected chi connectivity index (χ0v) is 16.0. The molecule has 2 aromatic carbocycles. The molecular formula is C20H22FN5O2. The molecule has 8 heteroatoms. The highest BCUT2D eigenvalue weighted by Crippen LogP contribution is 2.25. The fraction of sp³-hybridized carbons (Fsp3) is 0.300. The molecule has 28 heavy (non-hydrogen) atoms. The summed E-state index contributed by atoms with van der Waals surface area (Å²) in [5.74, 6) is 0.572. The van der Waals surface area contributed by atoms with Gasteiger partial charge in [-0.15, -0.1) is 5.10 Å². The Morgan fingerprint density at radius 3 is 2.71 bits per heavy atom. The molecule has 0 bridgehead atoms. The number of carbonyl (C=O) groups is 1. The number of halogens is 1. The Bertz CT molecular complexity index is 959. The number of hydrogen-bond acceptors (Lipinski definition) is 5. The van der Waals surface area contributed by atoms with Crippen molar-refractivity contribution < 1.29 is 13.9 Å². The number of hydrogen-bond donors (Lipinski definition) is 1. The summed E-state index contributed by atoms with van der Waals surface area (Å²) >= 11 is 0. The van der Waals surface area contributed by atoms with Crippen LogP contribution in [0.4, 0.5) is 4.39 Å². The van der Waals surface area contributed by atoms with Crippen LogP contribution in [0, 0.1) is 12.7 Å². The zero-order chi connectivity index (χ0) is 20.1. The number of rotatable bonds is 7. The average Bonchev–Trinajstić information content (AvgIpc) is 3.11. The third-order valence-electron chi connectivity index (χ3n) is 4.54. The maximum Gasteiger partial charge on any atom is 0.245 e. The predicted molar refractivity (Wildman–Crippen MR) is 101 cm³/mol. The van der Waals surface area contributed by atoms with E-state index in [9.17, 15) is 9.18 Å². The van der Waals surface area contributed by atoms with Crippen molar-refractivity contribution in [1.29, 1.82) is 0 Å². The third-order valence-corrected chi connectivity index (χ3v) is 4.54. The molecule has 0 saturated heterocycles. The van der Waals surface area contributed by atoms with Crippen molar-refractivity contribution in [2.45, 2.75) is 32.4 Å². The fourth-order valence-electron chi connectivity index (χ4n) is 3.12. The number of aryl methyl sites for hydroxylation is 1. The summed E-state index contributed by atoms with van der Waals surface area (Å²) in [6.45, 7) is 3.59. The number of nitrogens with zero attached hydrogens (tertiary/aromatic N) is 4. The van der Waals surface area contributed by atoms with Gasteiger partial charge in [0.2, 0.25) is 5.91 Å². The number of nitrogens with one attached hydrogen (secondary N) is 1. The molecule has 3 rings (SSSR count). The molecule has 0 saturated carbocycles. The van der Waals surface area contributed by atoms with Crippen LogP contribution in [0.15, 0.2) is 48.5 Å². The van der Waals surface area contributed by atoms with Crippen LogP contribution in [0.25, 0.3) is 0 Å². The van der Waals surface area contributed by atoms with Gasteiger partial charge in [-0.25, -0.2) is 9.07 Å². The monoisotopic (exact) mass is 383 g/mol. The summed E-state index contributed by atoms with van der Waals surface area (Å²) in [6, 6.07) is 12.6. The summed E-state index contributed by atoms with van der Waals surface area (Å²) in [7, 11) is 1.59. The highest BCUT2D eigenvalue weighted by atomic mass is 19.1. The van der Waals surface area contributed by atoms with Gasteiger partial charge in [0.25, 0.3) is 0 Å². The predicted octanol–water partition coefficient (Wildman–Crippen LogP) is 2.79. The SMILES string of the molecule is COc1ccccc1C(C)NC(=O)C(Cc1cccc(F)c1)n1nnnc1C. The minimum Gasteiger partial charge on any atom is -0.496 e. The van der Waals surface area contributed by atoms with Crippen LogP contribution in [-0.4, -0.2) is 33.2 Å². The van der Waals surface area contributed by atoms with E-state index < -0.39 is 6.04 Å². The van der Waals surface area contributed by atoms with Crippen molar-refractivity contribution in [2.24, 2.45) is 0 Å². The molecule has 3 aromatic rings. The summed E-state index contributed by atoms with van der Waals surface area (Å²) in [4.78, 5) is 13.1. The standard InChI is InChI=1S/C20H22FN5O2/c1-13(17-9-4-5-10-19(17)28-3)22-20(27)18(26-14(2)23-24-25-26)12-15-7-6-8-16(21)11-15/h4-11,13,18H,12H2,1-3H3,(H,22,27). The second-order valence-electron chi connectivity index (χ2n) is 6.49. The second kappa shape index (κ2) is 8.60. The molecule has 0 aliphatic rings. The van der Waals surface area contributed by atoms with E-state index in [1.165, 1.54) is 16.8 Å². The first kappa shape index (κ1) is 19.5. The van der Waals surface area contributed by atoms with Crippen molar-refractivity contribution in [1.82, 2.24) is 25.5 Å². The van der Waals surface area contributed by atoms with Crippen LogP contribution in [0.3, 0.4) is 0 Å². The molecule has 0 spiro atoms. The van der Waals surface area contributed by atoms with Gasteiger partial charge in [0, 0.05) is 12.0 Å². The highest BCUT2D eigenvalue weighted by molar-refractivity contribution is 5.81. The second-order valence-corrected chi connectivity index (χ2v) is 6.49. The molecule has 7 nitrogen and oxygen atoms in total. The molecule has 1 amide bonds. The van der Waals surface area contributed by atoms with E-state index in [1.54, 1.807) is 26.2 Å². The molecule has 146 valence electrons. The number of benzene rings is 2. The van der Waals surface area contributed by atoms with Gasteiger partial charge < -0.3 is 10.1 Å². The Morgan fingerprint density at radius 2 is 2.04 bits per heavy atom. The number of tetrazole rings is 1. The smallest absolute Gasteiger partial charge is 0.245 e. The number of aromatic nitrogens is 4. The van der Waals surface area contributed by atoms with Crippen molar-refractivity contribution in [2.75, 3.05) is 7.11 Å². The lowest BCUT2D eigenvalue weighted by molar-refractivity contribution is -0.125. The molecule has 1 aromatic heterocycles. The van der Waals surface area contributed by atoms with Crippen LogP contribution in [-0.2, 0) is 11.2 Å². The van der Waals surface area contributed by atoms with Crippen LogP contribution < -0.4 is 10.1 Å². The lowest BCUT2D eigenvalue weighted by atomic mass is 10.0. The van der Waals surface area contributed by atoms with Gasteiger partial charge in [-0.3, -0.25) is 4.79 Å². The van der Waals surface area contributed by atoms with Crippen molar-refractivity contribution in [3.8, 4) is 5.75 Å². The zero-order valence-electron chi connectivity index (χ0n) is 16.0. The summed E-state index contributed by atoms with van der Waals surface area (Å²) in [5.41, 5.74) is 1.54. The largest absolute Gasteiger partial charge is 0.496 e. The summed E-state index contributed by atoms with van der Waals surface area (Å²) < 4.78 is 20.4. The van der Waals surface area contributed by atoms with E-state index >= 15 is 0 Å². The Morgan fingerprint density at radius 1 is 1.25 bits per heavy atom. The summed E-state index contributed by atoms with van der Waals surface area (Å²) in [6.07, 6.45) is 0.258. The van der Waals surface area contributed by atoms with Gasteiger partial charge in [0.1, 0.15) is 23.4 Å². The van der Waals surface area contributed by atoms with Crippen molar-refractivity contribution in [3.63, 3.8) is 0 Å². The number of ether oxygens (including phenoxy) is 1. The van der Waals surface area contributed by atoms with Gasteiger partial charge in [-0.2, -0.15) is 0 Å². The van der Waals surface area contributed by atoms with Crippen LogP contribution in [0.1, 0.15) is 36.0 Å². The minimum absolute atomic E-state index is 0.258. The lowest BCUT2D eigenvalue weighted by Crippen LogP contribution is -2.36. The Kier molecular flexibility index (Phi) is 5.98. The first-order chi connectivity index (χ1) is 13.5. The first-order valence-electron chi connectivity index (χ1n) is 8.91. The average molecular weight is 383 g/mol. The van der Waals surface area contributed by atoms with E-state index in [-0.39, 0.29) is 24.2 Å². The Labute approximate surface area is 162 Å². The van der Waals surface area contributed by atoms with E-state index in [0.717, 1.165) is 5.56 Å². The maximum absolute atomic E-state index is 13.6. The van der Waals surface area contributed by atoms with Crippen molar-refractivity contribution in [3.05, 3.63) is 71.3 Å². The van der Waals surface area contributed by atoms with Crippen LogP contribution >= 0.6 is 0 Å². The maximum atomic E-state index is 13.6. The van der Waals surface area contributed by atoms with Gasteiger partial charge >= 0.3 is 0 Å². The molecule has 2 atom stereocenters. The van der Waals surface area contributed by atoms with Gasteiger partial charge in [0.15, 0.2) is 0 Å². The van der Waals surface area contributed by atoms with Crippen LogP contribution in [0.5, 0.6) is 5.75 Å². The Balaban J connectivity index is 1.85. The summed E-state index contributed by atoms with van der Waals surface area (Å²) in [5, 5.41) is 14.4. The van der Waals surface area contributed by atoms with Gasteiger partial charge in [-0.05, 0) is 48.0 Å². The normalized spacial score (nSPS) is 13.0. The topological polar surface area (TPSA) is 81.9 Å². The van der Waals surface area contributed by atoms with E-state index in [0.29, 0.717) is 17.1 Å². The number of methoxy groups -OCH3 is 1. The van der Waals surface area contributed by atoms with Gasteiger partial charge in [-0.1, -0.05) is 30.3 Å². The molecule has 0 fully saturated rings.